The molecule has 0 amide bonds. The van der Waals surface area contributed by atoms with E-state index in [1.54, 1.807) is 0 Å². The van der Waals surface area contributed by atoms with Crippen molar-refractivity contribution < 1.29 is 18.4 Å². The van der Waals surface area contributed by atoms with Crippen molar-refractivity contribution in [2.75, 3.05) is 6.61 Å². The molecular formula is C38H65ClO4Si2. The summed E-state index contributed by atoms with van der Waals surface area (Å²) in [6.07, 6.45) is 9.33. The Hall–Kier alpha value is -0.146. The number of rotatable bonds is 9. The van der Waals surface area contributed by atoms with Crippen LogP contribution in [0.25, 0.3) is 0 Å². The first-order valence-electron chi connectivity index (χ1n) is 18.7. The Bertz CT molecular complexity index is 1190. The van der Waals surface area contributed by atoms with Crippen molar-refractivity contribution in [2.45, 2.75) is 161 Å². The normalized spacial score (nSPS) is 41.6. The summed E-state index contributed by atoms with van der Waals surface area (Å²) in [6.45, 7) is 31.4. The molecule has 4 bridgehead atoms. The maximum Gasteiger partial charge on any atom is 0.309 e. The number of fused-ring (bicyclic) bond motifs is 5. The molecule has 6 rings (SSSR count). The smallest absolute Gasteiger partial charge is 0.309 e. The minimum atomic E-state index is -2.20. The fourth-order valence-corrected chi connectivity index (χ4v) is 20.2. The van der Waals surface area contributed by atoms with E-state index in [4.69, 9.17) is 25.2 Å². The topological polar surface area (TPSA) is 44.8 Å². The first-order chi connectivity index (χ1) is 20.8. The molecule has 7 heteroatoms. The molecule has 0 saturated heterocycles. The Kier molecular flexibility index (Phi) is 8.43. The van der Waals surface area contributed by atoms with Gasteiger partial charge in [0.2, 0.25) is 8.32 Å². The van der Waals surface area contributed by atoms with Gasteiger partial charge in [-0.2, -0.15) is 0 Å². The van der Waals surface area contributed by atoms with Crippen molar-refractivity contribution in [3.8, 4) is 0 Å². The number of esters is 1. The summed E-state index contributed by atoms with van der Waals surface area (Å²) in [6, 6.07) is 0. The van der Waals surface area contributed by atoms with Crippen LogP contribution < -0.4 is 0 Å². The molecule has 0 radical (unpaired) electrons. The molecule has 5 saturated carbocycles. The van der Waals surface area contributed by atoms with Crippen LogP contribution in [0.4, 0.5) is 0 Å². The summed E-state index contributed by atoms with van der Waals surface area (Å²) in [5.74, 6) is 2.17. The fourth-order valence-electron chi connectivity index (χ4n) is 12.6. The van der Waals surface area contributed by atoms with Gasteiger partial charge >= 0.3 is 5.97 Å². The van der Waals surface area contributed by atoms with E-state index in [1.807, 2.05) is 6.92 Å². The predicted molar refractivity (Wildman–Crippen MR) is 190 cm³/mol. The molecule has 0 aromatic heterocycles. The third kappa shape index (κ3) is 4.70. The van der Waals surface area contributed by atoms with Gasteiger partial charge in [0.1, 0.15) is 0 Å². The monoisotopic (exact) mass is 676 g/mol. The Morgan fingerprint density at radius 3 is 2.13 bits per heavy atom. The van der Waals surface area contributed by atoms with E-state index in [1.165, 1.54) is 12.8 Å². The highest BCUT2D eigenvalue weighted by molar-refractivity contribution is 6.77. The van der Waals surface area contributed by atoms with Crippen LogP contribution in [0, 0.1) is 52.3 Å². The molecule has 10 atom stereocenters. The lowest BCUT2D eigenvalue weighted by atomic mass is 9.42. The second-order valence-electron chi connectivity index (χ2n) is 19.1. The predicted octanol–water partition coefficient (Wildman–Crippen LogP) is 10.7. The maximum absolute atomic E-state index is 14.1. The second kappa shape index (κ2) is 10.9. The van der Waals surface area contributed by atoms with Crippen molar-refractivity contribution in [3.63, 3.8) is 0 Å². The molecule has 5 fully saturated rings. The van der Waals surface area contributed by atoms with E-state index >= 15 is 0 Å². The average molecular weight is 678 g/mol. The van der Waals surface area contributed by atoms with Crippen molar-refractivity contribution in [2.24, 2.45) is 52.3 Å². The van der Waals surface area contributed by atoms with Crippen LogP contribution in [-0.2, 0) is 18.4 Å². The lowest BCUT2D eigenvalue weighted by Gasteiger charge is -2.66. The standard InChI is InChI=1S/C38H65ClO4Si2/c1-14-41-34(40)26-15-16-38(43-44(12,13)35(9,10)11)21-37(38)20-27-31-25(8)29(39)19-28(36(31)17-18-36)30(32(26)37)33(27)42-45(22(2)3,23(4)5)24(6)7/h19,22-28,30-33H,14-18,20-21H2,1-13H3/t25-,26+,27-,28+,30-,31-,32-,33+,37-,38+/m1/s1. The number of halogens is 1. The molecule has 0 N–H and O–H groups in total. The fraction of sp³-hybridized carbons (Fsp3) is 0.921. The zero-order valence-corrected chi connectivity index (χ0v) is 33.6. The molecular weight excluding hydrogens is 612 g/mol. The first-order valence-corrected chi connectivity index (χ1v) is 24.1. The van der Waals surface area contributed by atoms with Crippen LogP contribution in [0.2, 0.25) is 34.8 Å². The number of carbonyl (C=O) groups excluding carboxylic acids is 1. The third-order valence-corrected chi connectivity index (χ3v) is 26.4. The molecule has 256 valence electrons. The molecule has 6 aliphatic carbocycles. The van der Waals surface area contributed by atoms with Crippen LogP contribution in [0.1, 0.15) is 115 Å². The second-order valence-corrected chi connectivity index (χ2v) is 29.7. The van der Waals surface area contributed by atoms with Gasteiger partial charge in [-0.25, -0.2) is 0 Å². The van der Waals surface area contributed by atoms with E-state index in [-0.39, 0.29) is 45.9 Å². The van der Waals surface area contributed by atoms with Gasteiger partial charge in [0.05, 0.1) is 24.2 Å². The van der Waals surface area contributed by atoms with Gasteiger partial charge < -0.3 is 13.6 Å². The van der Waals surface area contributed by atoms with Crippen molar-refractivity contribution >= 4 is 34.2 Å². The quantitative estimate of drug-likeness (QED) is 0.180. The van der Waals surface area contributed by atoms with Gasteiger partial charge in [0.25, 0.3) is 0 Å². The Labute approximate surface area is 282 Å². The lowest BCUT2D eigenvalue weighted by molar-refractivity contribution is -0.201. The molecule has 0 unspecified atom stereocenters. The van der Waals surface area contributed by atoms with Crippen LogP contribution in [0.3, 0.4) is 0 Å². The first kappa shape index (κ1) is 34.7. The van der Waals surface area contributed by atoms with Gasteiger partial charge in [-0.3, -0.25) is 4.79 Å². The SMILES string of the molecule is CCOC(=O)[C@H]1CC[C@]2(O[Si](C)(C)C(C)(C)C)C[C@@]23C[C@H]2[C@H](O[Si](C(C)C)(C(C)C)C(C)C)[C@@H]([C@@H]13)[C@@H]1C=C(Cl)[C@@H](C)[C@H]2C12CC2. The molecule has 45 heavy (non-hydrogen) atoms. The highest BCUT2D eigenvalue weighted by atomic mass is 35.5. The summed E-state index contributed by atoms with van der Waals surface area (Å²) < 4.78 is 21.6. The molecule has 0 aromatic carbocycles. The summed E-state index contributed by atoms with van der Waals surface area (Å²) in [5.41, 5.74) is 1.79. The summed E-state index contributed by atoms with van der Waals surface area (Å²) in [5, 5.41) is 1.21. The van der Waals surface area contributed by atoms with Gasteiger partial charge in [0, 0.05) is 10.4 Å². The number of allylic oxidation sites excluding steroid dienone is 2. The van der Waals surface area contributed by atoms with Gasteiger partial charge in [0.15, 0.2) is 8.32 Å². The molecule has 0 heterocycles. The Morgan fingerprint density at radius 1 is 1.02 bits per heavy atom. The summed E-state index contributed by atoms with van der Waals surface area (Å²) in [4.78, 5) is 14.1. The van der Waals surface area contributed by atoms with Crippen LogP contribution in [0.5, 0.6) is 0 Å². The summed E-state index contributed by atoms with van der Waals surface area (Å²) in [7, 11) is -4.25. The molecule has 6 aliphatic rings. The van der Waals surface area contributed by atoms with E-state index in [0.717, 1.165) is 30.7 Å². The zero-order valence-electron chi connectivity index (χ0n) is 30.9. The van der Waals surface area contributed by atoms with Crippen molar-refractivity contribution in [1.82, 2.24) is 0 Å². The molecule has 0 aliphatic heterocycles. The van der Waals surface area contributed by atoms with Crippen molar-refractivity contribution in [1.29, 1.82) is 0 Å². The van der Waals surface area contributed by atoms with Crippen molar-refractivity contribution in [3.05, 3.63) is 11.1 Å². The lowest BCUT2D eigenvalue weighted by Crippen LogP contribution is -2.68. The Morgan fingerprint density at radius 2 is 1.62 bits per heavy atom. The Balaban J connectivity index is 1.54. The van der Waals surface area contributed by atoms with Gasteiger partial charge in [-0.1, -0.05) is 86.9 Å². The van der Waals surface area contributed by atoms with Gasteiger partial charge in [-0.05, 0) is 121 Å². The number of hydrogen-bond acceptors (Lipinski definition) is 4. The van der Waals surface area contributed by atoms with Crippen LogP contribution in [-0.4, -0.2) is 40.9 Å². The number of ether oxygens (including phenoxy) is 1. The molecule has 2 spiro atoms. The molecule has 0 aromatic rings. The minimum Gasteiger partial charge on any atom is -0.466 e. The van der Waals surface area contributed by atoms with E-state index in [9.17, 15) is 4.79 Å². The van der Waals surface area contributed by atoms with E-state index < -0.39 is 16.6 Å². The largest absolute Gasteiger partial charge is 0.466 e. The highest BCUT2D eigenvalue weighted by Crippen LogP contribution is 2.84. The van der Waals surface area contributed by atoms with Crippen LogP contribution in [0.15, 0.2) is 11.1 Å². The van der Waals surface area contributed by atoms with E-state index in [0.29, 0.717) is 52.3 Å². The minimum absolute atomic E-state index is 0.0233. The number of hydrogen-bond donors (Lipinski definition) is 0. The molecule has 4 nitrogen and oxygen atoms in total. The zero-order chi connectivity index (χ0) is 33.3. The summed E-state index contributed by atoms with van der Waals surface area (Å²) >= 11 is 7.22. The maximum atomic E-state index is 14.1. The number of carbonyl (C=O) groups is 1. The van der Waals surface area contributed by atoms with E-state index in [2.05, 4.69) is 88.4 Å². The highest BCUT2D eigenvalue weighted by Gasteiger charge is 2.83. The van der Waals surface area contributed by atoms with Crippen LogP contribution >= 0.6 is 11.6 Å². The average Bonchev–Trinajstić information content (AvgIpc) is 3.81. The van der Waals surface area contributed by atoms with Gasteiger partial charge in [-0.15, -0.1) is 0 Å². The third-order valence-electron chi connectivity index (χ3n) is 15.4.